The lowest BCUT2D eigenvalue weighted by Gasteiger charge is -2.11. The second kappa shape index (κ2) is 5.38. The van der Waals surface area contributed by atoms with Crippen molar-refractivity contribution in [3.05, 3.63) is 41.4 Å². The second-order valence-corrected chi connectivity index (χ2v) is 5.36. The molecule has 0 aliphatic heterocycles. The zero-order chi connectivity index (χ0) is 14.1. The Bertz CT molecular complexity index is 734. The van der Waals surface area contributed by atoms with Crippen molar-refractivity contribution in [1.82, 2.24) is 19.4 Å². The van der Waals surface area contributed by atoms with Crippen LogP contribution in [-0.2, 0) is 4.74 Å². The molecule has 0 radical (unpaired) electrons. The Kier molecular flexibility index (Phi) is 3.58. The number of ether oxygens (including phenoxy) is 1. The molecule has 0 saturated heterocycles. The smallest absolute Gasteiger partial charge is 0.147 e. The third-order valence-electron chi connectivity index (χ3n) is 3.18. The summed E-state index contributed by atoms with van der Waals surface area (Å²) < 4.78 is 10.2. The van der Waals surface area contributed by atoms with Gasteiger partial charge >= 0.3 is 0 Å². The summed E-state index contributed by atoms with van der Waals surface area (Å²) in [6.45, 7) is 4.63. The fourth-order valence-corrected chi connectivity index (χ4v) is 2.53. The summed E-state index contributed by atoms with van der Waals surface area (Å²) in [5, 5.41) is 8.64. The fourth-order valence-electron chi connectivity index (χ4n) is 2.13. The van der Waals surface area contributed by atoms with E-state index in [-0.39, 0.29) is 6.23 Å². The highest BCUT2D eigenvalue weighted by Gasteiger charge is 2.09. The molecule has 1 unspecified atom stereocenters. The standard InChI is InChI=1S/C14H15BrN4O/c1-3-20-10(2)18-9-12(6-16-18)11-4-5-14-13(15)7-17-19(14)8-11/h4-10H,3H2,1-2H3. The Hall–Kier alpha value is -1.66. The third-order valence-corrected chi connectivity index (χ3v) is 3.80. The zero-order valence-electron chi connectivity index (χ0n) is 11.3. The van der Waals surface area contributed by atoms with Crippen molar-refractivity contribution in [2.75, 3.05) is 6.61 Å². The van der Waals surface area contributed by atoms with Crippen molar-refractivity contribution in [2.24, 2.45) is 0 Å². The highest BCUT2D eigenvalue weighted by Crippen LogP contribution is 2.24. The number of halogens is 1. The molecule has 0 spiro atoms. The van der Waals surface area contributed by atoms with E-state index in [1.807, 2.05) is 47.7 Å². The summed E-state index contributed by atoms with van der Waals surface area (Å²) in [5.41, 5.74) is 3.16. The molecule has 1 atom stereocenters. The van der Waals surface area contributed by atoms with Gasteiger partial charge < -0.3 is 4.74 Å². The number of aromatic nitrogens is 4. The lowest BCUT2D eigenvalue weighted by atomic mass is 10.1. The molecule has 3 aromatic rings. The summed E-state index contributed by atoms with van der Waals surface area (Å²) in [6, 6.07) is 4.10. The van der Waals surface area contributed by atoms with Gasteiger partial charge in [-0.3, -0.25) is 0 Å². The van der Waals surface area contributed by atoms with Gasteiger partial charge in [0.2, 0.25) is 0 Å². The van der Waals surface area contributed by atoms with Crippen LogP contribution in [0.4, 0.5) is 0 Å². The van der Waals surface area contributed by atoms with Crippen molar-refractivity contribution in [1.29, 1.82) is 0 Å². The van der Waals surface area contributed by atoms with Crippen LogP contribution in [0.15, 0.2) is 41.4 Å². The van der Waals surface area contributed by atoms with E-state index in [4.69, 9.17) is 4.74 Å². The Balaban J connectivity index is 1.94. The third kappa shape index (κ3) is 2.36. The van der Waals surface area contributed by atoms with E-state index in [1.54, 1.807) is 6.20 Å². The second-order valence-electron chi connectivity index (χ2n) is 4.50. The molecular weight excluding hydrogens is 320 g/mol. The highest BCUT2D eigenvalue weighted by atomic mass is 79.9. The minimum atomic E-state index is -0.0590. The van der Waals surface area contributed by atoms with Crippen molar-refractivity contribution >= 4 is 21.4 Å². The maximum absolute atomic E-state index is 5.53. The molecule has 0 bridgehead atoms. The number of fused-ring (bicyclic) bond motifs is 1. The van der Waals surface area contributed by atoms with Crippen LogP contribution >= 0.6 is 15.9 Å². The molecule has 3 rings (SSSR count). The van der Waals surface area contributed by atoms with E-state index in [0.717, 1.165) is 21.1 Å². The molecule has 20 heavy (non-hydrogen) atoms. The van der Waals surface area contributed by atoms with Crippen LogP contribution in [0, 0.1) is 0 Å². The van der Waals surface area contributed by atoms with Gasteiger partial charge in [-0.2, -0.15) is 10.2 Å². The van der Waals surface area contributed by atoms with Gasteiger partial charge in [0.25, 0.3) is 0 Å². The minimum absolute atomic E-state index is 0.0590. The number of nitrogens with zero attached hydrogens (tertiary/aromatic N) is 4. The first-order chi connectivity index (χ1) is 9.69. The number of pyridine rings is 1. The molecule has 0 amide bonds. The Labute approximate surface area is 125 Å². The summed E-state index contributed by atoms with van der Waals surface area (Å²) >= 11 is 3.47. The Morgan fingerprint density at radius 3 is 2.85 bits per heavy atom. The minimum Gasteiger partial charge on any atom is -0.357 e. The first-order valence-corrected chi connectivity index (χ1v) is 7.27. The van der Waals surface area contributed by atoms with Gasteiger partial charge in [-0.1, -0.05) is 6.07 Å². The maximum atomic E-state index is 5.53. The van der Waals surface area contributed by atoms with Gasteiger partial charge in [0.1, 0.15) is 6.23 Å². The number of rotatable bonds is 4. The predicted octanol–water partition coefficient (Wildman–Crippen LogP) is 3.52. The van der Waals surface area contributed by atoms with Crippen molar-refractivity contribution < 1.29 is 4.74 Å². The monoisotopic (exact) mass is 334 g/mol. The van der Waals surface area contributed by atoms with Crippen LogP contribution in [0.2, 0.25) is 0 Å². The van der Waals surface area contributed by atoms with Gasteiger partial charge in [-0.25, -0.2) is 9.20 Å². The molecule has 3 heterocycles. The van der Waals surface area contributed by atoms with Crippen LogP contribution in [-0.4, -0.2) is 26.0 Å². The van der Waals surface area contributed by atoms with Gasteiger partial charge in [0.15, 0.2) is 0 Å². The van der Waals surface area contributed by atoms with Gasteiger partial charge in [0.05, 0.1) is 22.4 Å². The van der Waals surface area contributed by atoms with Crippen molar-refractivity contribution in [3.8, 4) is 11.1 Å². The average Bonchev–Trinajstić information content (AvgIpc) is 3.06. The van der Waals surface area contributed by atoms with E-state index in [9.17, 15) is 0 Å². The number of hydrogen-bond acceptors (Lipinski definition) is 3. The molecule has 0 aromatic carbocycles. The molecule has 0 aliphatic rings. The maximum Gasteiger partial charge on any atom is 0.147 e. The quantitative estimate of drug-likeness (QED) is 0.733. The molecule has 5 nitrogen and oxygen atoms in total. The average molecular weight is 335 g/mol. The normalized spacial score (nSPS) is 12.9. The molecular formula is C14H15BrN4O. The molecule has 6 heteroatoms. The predicted molar refractivity (Wildman–Crippen MR) is 80.5 cm³/mol. The molecule has 3 aromatic heterocycles. The topological polar surface area (TPSA) is 44.4 Å². The van der Waals surface area contributed by atoms with Gasteiger partial charge in [-0.05, 0) is 35.8 Å². The number of hydrogen-bond donors (Lipinski definition) is 0. The van der Waals surface area contributed by atoms with Gasteiger partial charge in [-0.15, -0.1) is 0 Å². The van der Waals surface area contributed by atoms with E-state index < -0.39 is 0 Å². The van der Waals surface area contributed by atoms with E-state index >= 15 is 0 Å². The van der Waals surface area contributed by atoms with E-state index in [0.29, 0.717) is 6.61 Å². The first kappa shape index (κ1) is 13.3. The highest BCUT2D eigenvalue weighted by molar-refractivity contribution is 9.10. The van der Waals surface area contributed by atoms with Crippen LogP contribution in [0.25, 0.3) is 16.6 Å². The summed E-state index contributed by atoms with van der Waals surface area (Å²) in [5.74, 6) is 0. The lowest BCUT2D eigenvalue weighted by Crippen LogP contribution is -2.09. The molecule has 104 valence electrons. The van der Waals surface area contributed by atoms with Crippen molar-refractivity contribution in [2.45, 2.75) is 20.1 Å². The van der Waals surface area contributed by atoms with E-state index in [2.05, 4.69) is 32.2 Å². The molecule has 0 saturated carbocycles. The van der Waals surface area contributed by atoms with Crippen LogP contribution in [0.3, 0.4) is 0 Å². The Morgan fingerprint density at radius 2 is 2.05 bits per heavy atom. The summed E-state index contributed by atoms with van der Waals surface area (Å²) in [7, 11) is 0. The SMILES string of the molecule is CCOC(C)n1cc(-c2ccc3c(Br)cnn3c2)cn1. The van der Waals surface area contributed by atoms with Crippen LogP contribution in [0.1, 0.15) is 20.1 Å². The fraction of sp³-hybridized carbons (Fsp3) is 0.286. The van der Waals surface area contributed by atoms with E-state index in [1.165, 1.54) is 0 Å². The van der Waals surface area contributed by atoms with Crippen LogP contribution < -0.4 is 0 Å². The Morgan fingerprint density at radius 1 is 1.20 bits per heavy atom. The zero-order valence-corrected chi connectivity index (χ0v) is 12.9. The van der Waals surface area contributed by atoms with Gasteiger partial charge in [0, 0.05) is 30.1 Å². The first-order valence-electron chi connectivity index (χ1n) is 6.48. The molecule has 0 fully saturated rings. The summed E-state index contributed by atoms with van der Waals surface area (Å²) in [6.07, 6.45) is 7.55. The molecule has 0 N–H and O–H groups in total. The largest absolute Gasteiger partial charge is 0.357 e. The van der Waals surface area contributed by atoms with Crippen LogP contribution in [0.5, 0.6) is 0 Å². The summed E-state index contributed by atoms with van der Waals surface area (Å²) in [4.78, 5) is 0. The van der Waals surface area contributed by atoms with Crippen molar-refractivity contribution in [3.63, 3.8) is 0 Å². The molecule has 0 aliphatic carbocycles. The lowest BCUT2D eigenvalue weighted by molar-refractivity contribution is 0.0160.